The van der Waals surface area contributed by atoms with Crippen LogP contribution in [-0.4, -0.2) is 50.2 Å². The van der Waals surface area contributed by atoms with Crippen LogP contribution in [0.2, 0.25) is 0 Å². The highest BCUT2D eigenvalue weighted by Crippen LogP contribution is 2.50. The molecule has 6 nitrogen and oxygen atoms in total. The quantitative estimate of drug-likeness (QED) is 0.454. The van der Waals surface area contributed by atoms with Crippen LogP contribution in [0.15, 0.2) is 55.1 Å². The standard InChI is InChI=1S/C30H40N4O2/c1-7-29(35,27-14-22(4)32-20-33-27)13-12-23-15-26(17-31-16-23)30(36,28(5)18-34(6)19-28)25-10-8-24(9-11-25)21(2)3/h8-11,14-17,20-21,35-36H,7,12-13,18-19H2,1-6H3/t29?,30-/m0/s1. The van der Waals surface area contributed by atoms with Gasteiger partial charge in [0.25, 0.3) is 0 Å². The van der Waals surface area contributed by atoms with Gasteiger partial charge in [-0.15, -0.1) is 0 Å². The van der Waals surface area contributed by atoms with Gasteiger partial charge >= 0.3 is 0 Å². The highest BCUT2D eigenvalue weighted by atomic mass is 16.3. The van der Waals surface area contributed by atoms with Gasteiger partial charge in [-0.25, -0.2) is 9.97 Å². The fourth-order valence-corrected chi connectivity index (χ4v) is 5.72. The molecule has 0 saturated carbocycles. The number of pyridine rings is 1. The van der Waals surface area contributed by atoms with Gasteiger partial charge in [0.15, 0.2) is 0 Å². The Bertz CT molecular complexity index is 1190. The zero-order valence-electron chi connectivity index (χ0n) is 22.5. The maximum absolute atomic E-state index is 12.5. The van der Waals surface area contributed by atoms with Crippen molar-refractivity contribution in [2.45, 2.75) is 71.0 Å². The van der Waals surface area contributed by atoms with Crippen LogP contribution in [0.5, 0.6) is 0 Å². The molecule has 1 unspecified atom stereocenters. The lowest BCUT2D eigenvalue weighted by atomic mass is 9.62. The number of nitrogens with zero attached hydrogens (tertiary/aromatic N) is 4. The number of likely N-dealkylation sites (tertiary alicyclic amines) is 1. The Balaban J connectivity index is 1.67. The number of benzene rings is 1. The summed E-state index contributed by atoms with van der Waals surface area (Å²) in [7, 11) is 2.08. The van der Waals surface area contributed by atoms with Crippen molar-refractivity contribution >= 4 is 0 Å². The maximum atomic E-state index is 12.5. The topological polar surface area (TPSA) is 82.4 Å². The average Bonchev–Trinajstić information content (AvgIpc) is 2.86. The van der Waals surface area contributed by atoms with Crippen LogP contribution in [0, 0.1) is 12.3 Å². The summed E-state index contributed by atoms with van der Waals surface area (Å²) in [6, 6.07) is 12.3. The Morgan fingerprint density at radius 2 is 1.72 bits per heavy atom. The second kappa shape index (κ2) is 10.0. The van der Waals surface area contributed by atoms with Gasteiger partial charge in [-0.3, -0.25) is 4.98 Å². The zero-order valence-corrected chi connectivity index (χ0v) is 22.5. The van der Waals surface area contributed by atoms with E-state index in [2.05, 4.69) is 78.0 Å². The largest absolute Gasteiger partial charge is 0.384 e. The van der Waals surface area contributed by atoms with E-state index in [0.717, 1.165) is 35.5 Å². The molecule has 2 N–H and O–H groups in total. The van der Waals surface area contributed by atoms with Crippen LogP contribution < -0.4 is 0 Å². The molecule has 1 aliphatic heterocycles. The second-order valence-electron chi connectivity index (χ2n) is 11.2. The van der Waals surface area contributed by atoms with E-state index >= 15 is 0 Å². The Morgan fingerprint density at radius 1 is 1.03 bits per heavy atom. The number of aliphatic hydroxyl groups is 2. The molecule has 36 heavy (non-hydrogen) atoms. The molecule has 3 heterocycles. The van der Waals surface area contributed by atoms with Crippen LogP contribution in [0.1, 0.15) is 80.1 Å². The van der Waals surface area contributed by atoms with Crippen LogP contribution in [-0.2, 0) is 17.6 Å². The minimum atomic E-state index is -1.18. The fourth-order valence-electron chi connectivity index (χ4n) is 5.72. The van der Waals surface area contributed by atoms with E-state index in [-0.39, 0.29) is 5.41 Å². The summed E-state index contributed by atoms with van der Waals surface area (Å²) < 4.78 is 0. The molecule has 4 rings (SSSR count). The lowest BCUT2D eigenvalue weighted by Gasteiger charge is -2.56. The Hall–Kier alpha value is -2.67. The summed E-state index contributed by atoms with van der Waals surface area (Å²) in [6.07, 6.45) is 6.81. The second-order valence-corrected chi connectivity index (χ2v) is 11.2. The normalized spacial score (nSPS) is 18.9. The molecular weight excluding hydrogens is 448 g/mol. The first kappa shape index (κ1) is 26.4. The molecule has 2 atom stereocenters. The van der Waals surface area contributed by atoms with Crippen molar-refractivity contribution in [3.05, 3.63) is 88.8 Å². The minimum absolute atomic E-state index is 0.343. The van der Waals surface area contributed by atoms with Gasteiger partial charge in [-0.1, -0.05) is 52.0 Å². The summed E-state index contributed by atoms with van der Waals surface area (Å²) in [6.45, 7) is 12.0. The first-order valence-electron chi connectivity index (χ1n) is 13.0. The highest BCUT2D eigenvalue weighted by Gasteiger charge is 2.55. The van der Waals surface area contributed by atoms with Crippen molar-refractivity contribution in [1.82, 2.24) is 19.9 Å². The fraction of sp³-hybridized carbons (Fsp3) is 0.500. The molecule has 1 aliphatic rings. The predicted octanol–water partition coefficient (Wildman–Crippen LogP) is 4.72. The molecule has 0 aliphatic carbocycles. The van der Waals surface area contributed by atoms with Gasteiger partial charge in [-0.2, -0.15) is 0 Å². The molecule has 1 aromatic carbocycles. The lowest BCUT2D eigenvalue weighted by Crippen LogP contribution is -2.63. The molecule has 0 radical (unpaired) electrons. The number of hydrogen-bond acceptors (Lipinski definition) is 6. The molecule has 6 heteroatoms. The molecule has 0 spiro atoms. The van der Waals surface area contributed by atoms with Crippen molar-refractivity contribution in [3.8, 4) is 0 Å². The average molecular weight is 489 g/mol. The van der Waals surface area contributed by atoms with E-state index in [4.69, 9.17) is 0 Å². The maximum Gasteiger partial charge on any atom is 0.124 e. The Labute approximate surface area is 215 Å². The van der Waals surface area contributed by atoms with Gasteiger partial charge in [0, 0.05) is 42.2 Å². The first-order valence-corrected chi connectivity index (χ1v) is 13.0. The van der Waals surface area contributed by atoms with Crippen molar-refractivity contribution in [2.75, 3.05) is 20.1 Å². The first-order chi connectivity index (χ1) is 17.0. The summed E-state index contributed by atoms with van der Waals surface area (Å²) >= 11 is 0. The Morgan fingerprint density at radius 3 is 2.31 bits per heavy atom. The monoisotopic (exact) mass is 488 g/mol. The van der Waals surface area contributed by atoms with E-state index in [1.807, 2.05) is 26.1 Å². The van der Waals surface area contributed by atoms with Gasteiger partial charge in [0.1, 0.15) is 17.5 Å². The predicted molar refractivity (Wildman–Crippen MR) is 143 cm³/mol. The molecular formula is C30H40N4O2. The SMILES string of the molecule is CCC(O)(CCc1cncc([C@@](O)(c2ccc(C(C)C)cc2)C2(C)CN(C)C2)c1)c1cc(C)ncn1. The van der Waals surface area contributed by atoms with Crippen molar-refractivity contribution in [1.29, 1.82) is 0 Å². The van der Waals surface area contributed by atoms with Crippen molar-refractivity contribution in [2.24, 2.45) is 5.41 Å². The molecule has 1 fully saturated rings. The summed E-state index contributed by atoms with van der Waals surface area (Å²) in [4.78, 5) is 15.3. The van der Waals surface area contributed by atoms with E-state index in [0.29, 0.717) is 30.9 Å². The third kappa shape index (κ3) is 4.82. The molecule has 2 aromatic heterocycles. The molecule has 0 amide bonds. The van der Waals surface area contributed by atoms with Gasteiger partial charge in [0.2, 0.25) is 0 Å². The number of aromatic nitrogens is 3. The third-order valence-electron chi connectivity index (χ3n) is 8.01. The summed E-state index contributed by atoms with van der Waals surface area (Å²) in [5, 5.41) is 23.8. The highest BCUT2D eigenvalue weighted by molar-refractivity contribution is 5.42. The van der Waals surface area contributed by atoms with Crippen LogP contribution in [0.25, 0.3) is 0 Å². The van der Waals surface area contributed by atoms with Crippen molar-refractivity contribution in [3.63, 3.8) is 0 Å². The van der Waals surface area contributed by atoms with Crippen LogP contribution in [0.4, 0.5) is 0 Å². The third-order valence-corrected chi connectivity index (χ3v) is 8.01. The number of aryl methyl sites for hydroxylation is 2. The molecule has 3 aromatic rings. The lowest BCUT2D eigenvalue weighted by molar-refractivity contribution is -0.127. The van der Waals surface area contributed by atoms with Gasteiger partial charge in [-0.05, 0) is 68.0 Å². The van der Waals surface area contributed by atoms with Gasteiger partial charge < -0.3 is 15.1 Å². The van der Waals surface area contributed by atoms with E-state index in [1.165, 1.54) is 11.9 Å². The van der Waals surface area contributed by atoms with Crippen LogP contribution in [0.3, 0.4) is 0 Å². The van der Waals surface area contributed by atoms with Crippen LogP contribution >= 0.6 is 0 Å². The smallest absolute Gasteiger partial charge is 0.124 e. The summed E-state index contributed by atoms with van der Waals surface area (Å²) in [5.41, 5.74) is 2.84. The number of hydrogen-bond donors (Lipinski definition) is 2. The molecule has 192 valence electrons. The van der Waals surface area contributed by atoms with E-state index in [1.54, 1.807) is 6.20 Å². The minimum Gasteiger partial charge on any atom is -0.384 e. The number of rotatable bonds is 9. The Kier molecular flexibility index (Phi) is 7.33. The van der Waals surface area contributed by atoms with E-state index in [9.17, 15) is 10.2 Å². The molecule has 1 saturated heterocycles. The van der Waals surface area contributed by atoms with Crippen molar-refractivity contribution < 1.29 is 10.2 Å². The van der Waals surface area contributed by atoms with E-state index < -0.39 is 11.2 Å². The summed E-state index contributed by atoms with van der Waals surface area (Å²) in [5.74, 6) is 0.429. The molecule has 0 bridgehead atoms. The van der Waals surface area contributed by atoms with Gasteiger partial charge in [0.05, 0.1) is 5.69 Å². The zero-order chi connectivity index (χ0) is 26.1.